The number of carbonyl (C=O) groups is 2. The zero-order valence-corrected chi connectivity index (χ0v) is 11.9. The number of nitrogen functional groups attached to an aromatic ring is 1. The molecule has 0 aliphatic carbocycles. The fourth-order valence-corrected chi connectivity index (χ4v) is 2.40. The number of piperazine rings is 1. The highest BCUT2D eigenvalue weighted by atomic mass is 16.3. The van der Waals surface area contributed by atoms with Crippen molar-refractivity contribution >= 4 is 17.5 Å². The molecule has 6 heteroatoms. The van der Waals surface area contributed by atoms with Gasteiger partial charge in [0.25, 0.3) is 5.91 Å². The van der Waals surface area contributed by atoms with E-state index in [0.717, 1.165) is 0 Å². The van der Waals surface area contributed by atoms with E-state index in [2.05, 4.69) is 0 Å². The lowest BCUT2D eigenvalue weighted by molar-refractivity contribution is -0.144. The summed E-state index contributed by atoms with van der Waals surface area (Å²) in [7, 11) is 1.72. The molecule has 0 radical (unpaired) electrons. The third-order valence-corrected chi connectivity index (χ3v) is 3.73. The van der Waals surface area contributed by atoms with E-state index in [0.29, 0.717) is 18.7 Å². The average molecular weight is 277 g/mol. The van der Waals surface area contributed by atoms with E-state index < -0.39 is 5.54 Å². The Hall–Kier alpha value is -2.24. The molecule has 1 fully saturated rings. The molecule has 0 aromatic heterocycles. The molecular formula is C14H19N3O3. The van der Waals surface area contributed by atoms with Crippen LogP contribution in [0.25, 0.3) is 0 Å². The van der Waals surface area contributed by atoms with Gasteiger partial charge in [-0.05, 0) is 32.0 Å². The van der Waals surface area contributed by atoms with Gasteiger partial charge < -0.3 is 20.6 Å². The SMILES string of the molecule is CN1CCN(C(=O)c2ccc(N)c(O)c2)C(C)(C)C1=O. The lowest BCUT2D eigenvalue weighted by Gasteiger charge is -2.44. The number of carbonyl (C=O) groups excluding carboxylic acids is 2. The van der Waals surface area contributed by atoms with Gasteiger partial charge in [-0.15, -0.1) is 0 Å². The number of aromatic hydroxyl groups is 1. The second-order valence-electron chi connectivity index (χ2n) is 5.52. The predicted octanol–water partition coefficient (Wildman–Crippen LogP) is 0.667. The molecule has 0 bridgehead atoms. The van der Waals surface area contributed by atoms with Gasteiger partial charge in [0.05, 0.1) is 5.69 Å². The van der Waals surface area contributed by atoms with E-state index >= 15 is 0 Å². The van der Waals surface area contributed by atoms with Crippen LogP contribution in [-0.4, -0.2) is 52.4 Å². The van der Waals surface area contributed by atoms with Gasteiger partial charge in [0.2, 0.25) is 5.91 Å². The van der Waals surface area contributed by atoms with Crippen LogP contribution in [0.5, 0.6) is 5.75 Å². The zero-order valence-electron chi connectivity index (χ0n) is 11.9. The number of phenolic OH excluding ortho intramolecular Hbond substituents is 1. The molecule has 1 aromatic carbocycles. The van der Waals surface area contributed by atoms with Crippen LogP contribution < -0.4 is 5.73 Å². The Bertz CT molecular complexity index is 569. The molecule has 108 valence electrons. The van der Waals surface area contributed by atoms with E-state index in [1.54, 1.807) is 31.9 Å². The summed E-state index contributed by atoms with van der Waals surface area (Å²) >= 11 is 0. The first kappa shape index (κ1) is 14.2. The van der Waals surface area contributed by atoms with Crippen LogP contribution in [-0.2, 0) is 4.79 Å². The van der Waals surface area contributed by atoms with E-state index in [1.807, 2.05) is 0 Å². The molecule has 2 rings (SSSR count). The van der Waals surface area contributed by atoms with Gasteiger partial charge in [-0.2, -0.15) is 0 Å². The van der Waals surface area contributed by atoms with Crippen LogP contribution in [0, 0.1) is 0 Å². The first-order valence-corrected chi connectivity index (χ1v) is 6.41. The summed E-state index contributed by atoms with van der Waals surface area (Å²) in [4.78, 5) is 27.9. The summed E-state index contributed by atoms with van der Waals surface area (Å²) in [6.07, 6.45) is 0. The number of benzene rings is 1. The number of nitrogens with zero attached hydrogens (tertiary/aromatic N) is 2. The summed E-state index contributed by atoms with van der Waals surface area (Å²) in [5.41, 5.74) is 5.16. The van der Waals surface area contributed by atoms with Gasteiger partial charge in [-0.25, -0.2) is 0 Å². The van der Waals surface area contributed by atoms with Gasteiger partial charge in [0, 0.05) is 25.7 Å². The number of phenols is 1. The Labute approximate surface area is 117 Å². The van der Waals surface area contributed by atoms with Crippen molar-refractivity contribution in [3.05, 3.63) is 23.8 Å². The molecule has 1 saturated heterocycles. The van der Waals surface area contributed by atoms with Gasteiger partial charge in [-0.1, -0.05) is 0 Å². The average Bonchev–Trinajstić information content (AvgIpc) is 2.39. The van der Waals surface area contributed by atoms with Crippen LogP contribution in [0.4, 0.5) is 5.69 Å². The van der Waals surface area contributed by atoms with Crippen molar-refractivity contribution in [3.8, 4) is 5.75 Å². The topological polar surface area (TPSA) is 86.9 Å². The number of hydrogen-bond donors (Lipinski definition) is 2. The molecule has 3 N–H and O–H groups in total. The summed E-state index contributed by atoms with van der Waals surface area (Å²) < 4.78 is 0. The highest BCUT2D eigenvalue weighted by Gasteiger charge is 2.43. The van der Waals surface area contributed by atoms with E-state index in [-0.39, 0.29) is 23.3 Å². The van der Waals surface area contributed by atoms with Gasteiger partial charge >= 0.3 is 0 Å². The minimum atomic E-state index is -0.902. The lowest BCUT2D eigenvalue weighted by atomic mass is 9.96. The van der Waals surface area contributed by atoms with Crippen molar-refractivity contribution in [3.63, 3.8) is 0 Å². The van der Waals surface area contributed by atoms with E-state index in [9.17, 15) is 14.7 Å². The van der Waals surface area contributed by atoms with Crippen LogP contribution >= 0.6 is 0 Å². The summed E-state index contributed by atoms with van der Waals surface area (Å²) in [6.45, 7) is 4.40. The number of likely N-dealkylation sites (N-methyl/N-ethyl adjacent to an activating group) is 1. The second-order valence-corrected chi connectivity index (χ2v) is 5.52. The fraction of sp³-hybridized carbons (Fsp3) is 0.429. The monoisotopic (exact) mass is 277 g/mol. The largest absolute Gasteiger partial charge is 0.506 e. The maximum absolute atomic E-state index is 12.5. The fourth-order valence-electron chi connectivity index (χ4n) is 2.40. The molecule has 0 unspecified atom stereocenters. The third-order valence-electron chi connectivity index (χ3n) is 3.73. The van der Waals surface area contributed by atoms with Gasteiger partial charge in [0.15, 0.2) is 0 Å². The Morgan fingerprint density at radius 3 is 2.60 bits per heavy atom. The Balaban J connectivity index is 2.33. The Morgan fingerprint density at radius 1 is 1.35 bits per heavy atom. The number of anilines is 1. The molecule has 2 amide bonds. The minimum absolute atomic E-state index is 0.100. The molecule has 1 aliphatic rings. The molecule has 0 atom stereocenters. The summed E-state index contributed by atoms with van der Waals surface area (Å²) in [5.74, 6) is -0.516. The minimum Gasteiger partial charge on any atom is -0.506 e. The Kier molecular flexibility index (Phi) is 3.33. The standard InChI is InChI=1S/C14H19N3O3/c1-14(2)13(20)16(3)6-7-17(14)12(19)9-4-5-10(15)11(18)8-9/h4-5,8,18H,6-7,15H2,1-3H3. The highest BCUT2D eigenvalue weighted by molar-refractivity contribution is 6.00. The maximum Gasteiger partial charge on any atom is 0.254 e. The number of rotatable bonds is 1. The van der Waals surface area contributed by atoms with Crippen molar-refractivity contribution in [2.24, 2.45) is 0 Å². The van der Waals surface area contributed by atoms with Crippen molar-refractivity contribution < 1.29 is 14.7 Å². The quantitative estimate of drug-likeness (QED) is 0.583. The first-order valence-electron chi connectivity index (χ1n) is 6.41. The molecule has 20 heavy (non-hydrogen) atoms. The molecular weight excluding hydrogens is 258 g/mol. The van der Waals surface area contributed by atoms with Crippen LogP contribution in [0.1, 0.15) is 24.2 Å². The van der Waals surface area contributed by atoms with Crippen molar-refractivity contribution in [2.75, 3.05) is 25.9 Å². The van der Waals surface area contributed by atoms with Crippen molar-refractivity contribution in [2.45, 2.75) is 19.4 Å². The predicted molar refractivity (Wildman–Crippen MR) is 75.3 cm³/mol. The van der Waals surface area contributed by atoms with Gasteiger partial charge in [-0.3, -0.25) is 9.59 Å². The Morgan fingerprint density at radius 2 is 2.00 bits per heavy atom. The summed E-state index contributed by atoms with van der Waals surface area (Å²) in [5, 5.41) is 9.60. The first-order chi connectivity index (χ1) is 9.25. The van der Waals surface area contributed by atoms with Crippen molar-refractivity contribution in [1.82, 2.24) is 9.80 Å². The number of hydrogen-bond acceptors (Lipinski definition) is 4. The normalized spacial score (nSPS) is 18.2. The van der Waals surface area contributed by atoms with E-state index in [1.165, 1.54) is 17.0 Å². The molecule has 1 aliphatic heterocycles. The van der Waals surface area contributed by atoms with Gasteiger partial charge in [0.1, 0.15) is 11.3 Å². The molecule has 0 spiro atoms. The zero-order chi connectivity index (χ0) is 15.1. The lowest BCUT2D eigenvalue weighted by Crippen LogP contribution is -2.63. The molecule has 1 aromatic rings. The van der Waals surface area contributed by atoms with Crippen LogP contribution in [0.2, 0.25) is 0 Å². The van der Waals surface area contributed by atoms with Crippen LogP contribution in [0.3, 0.4) is 0 Å². The number of nitrogens with two attached hydrogens (primary N) is 1. The van der Waals surface area contributed by atoms with Crippen molar-refractivity contribution in [1.29, 1.82) is 0 Å². The van der Waals surface area contributed by atoms with Crippen LogP contribution in [0.15, 0.2) is 18.2 Å². The highest BCUT2D eigenvalue weighted by Crippen LogP contribution is 2.26. The summed E-state index contributed by atoms with van der Waals surface area (Å²) in [6, 6.07) is 4.36. The van der Waals surface area contributed by atoms with E-state index in [4.69, 9.17) is 5.73 Å². The smallest absolute Gasteiger partial charge is 0.254 e. The second kappa shape index (κ2) is 4.70. The maximum atomic E-state index is 12.5. The number of amides is 2. The molecule has 0 saturated carbocycles. The third kappa shape index (κ3) is 2.17. The molecule has 1 heterocycles. The molecule has 6 nitrogen and oxygen atoms in total.